The summed E-state index contributed by atoms with van der Waals surface area (Å²) in [5.41, 5.74) is 3.56. The van der Waals surface area contributed by atoms with Crippen molar-refractivity contribution in [3.63, 3.8) is 0 Å². The molecule has 202 valence electrons. The number of carbonyl (C=O) groups is 1. The van der Waals surface area contributed by atoms with E-state index in [0.29, 0.717) is 45.2 Å². The maximum absolute atomic E-state index is 13.6. The van der Waals surface area contributed by atoms with Gasteiger partial charge in [0.15, 0.2) is 16.7 Å². The normalized spacial score (nSPS) is 15.2. The number of amides is 1. The highest BCUT2D eigenvalue weighted by molar-refractivity contribution is 8.18. The van der Waals surface area contributed by atoms with Crippen molar-refractivity contribution < 1.29 is 18.7 Å². The number of carbonyl (C=O) groups excluding carboxylic acids is 1. The highest BCUT2D eigenvalue weighted by Gasteiger charge is 2.33. The van der Waals surface area contributed by atoms with Gasteiger partial charge in [0, 0.05) is 0 Å². The second-order valence-electron chi connectivity index (χ2n) is 9.02. The quantitative estimate of drug-likeness (QED) is 0.192. The van der Waals surface area contributed by atoms with Crippen LogP contribution in [0.5, 0.6) is 11.5 Å². The van der Waals surface area contributed by atoms with Crippen molar-refractivity contribution in [2.45, 2.75) is 19.7 Å². The molecule has 0 spiro atoms. The van der Waals surface area contributed by atoms with Gasteiger partial charge in [-0.2, -0.15) is 0 Å². The summed E-state index contributed by atoms with van der Waals surface area (Å²) in [7, 11) is 1.53. The third-order valence-electron chi connectivity index (χ3n) is 6.16. The number of nitrogens with zero attached hydrogens (tertiary/aromatic N) is 2. The van der Waals surface area contributed by atoms with E-state index in [1.54, 1.807) is 35.2 Å². The molecule has 0 bridgehead atoms. The van der Waals surface area contributed by atoms with Crippen molar-refractivity contribution in [3.8, 4) is 11.5 Å². The summed E-state index contributed by atoms with van der Waals surface area (Å²) in [6, 6.07) is 29.3. The van der Waals surface area contributed by atoms with E-state index in [0.717, 1.165) is 16.7 Å². The van der Waals surface area contributed by atoms with E-state index in [9.17, 15) is 9.18 Å². The van der Waals surface area contributed by atoms with Gasteiger partial charge in [0.05, 0.1) is 30.1 Å². The van der Waals surface area contributed by atoms with Gasteiger partial charge in [-0.25, -0.2) is 4.39 Å². The lowest BCUT2D eigenvalue weighted by Gasteiger charge is -2.16. The Morgan fingerprint density at radius 3 is 2.27 bits per heavy atom. The third-order valence-corrected chi connectivity index (χ3v) is 7.48. The molecule has 1 aliphatic heterocycles. The van der Waals surface area contributed by atoms with Crippen molar-refractivity contribution in [1.29, 1.82) is 0 Å². The fraction of sp³-hybridized carbons (Fsp3) is 0.125. The van der Waals surface area contributed by atoms with Gasteiger partial charge in [-0.05, 0) is 64.4 Å². The molecule has 0 N–H and O–H groups in total. The van der Waals surface area contributed by atoms with Gasteiger partial charge < -0.3 is 9.47 Å². The molecule has 8 heteroatoms. The zero-order valence-corrected chi connectivity index (χ0v) is 23.3. The number of thioether (sulfide) groups is 1. The molecule has 40 heavy (non-hydrogen) atoms. The molecule has 0 unspecified atom stereocenters. The first-order valence-electron chi connectivity index (χ1n) is 12.6. The fourth-order valence-electron chi connectivity index (χ4n) is 4.12. The van der Waals surface area contributed by atoms with Crippen LogP contribution in [-0.4, -0.2) is 23.1 Å². The molecular weight excluding hydrogens is 547 g/mol. The number of hydrogen-bond donors (Lipinski definition) is 0. The van der Waals surface area contributed by atoms with Gasteiger partial charge in [0.1, 0.15) is 12.4 Å². The number of methoxy groups -OCH3 is 1. The van der Waals surface area contributed by atoms with Crippen molar-refractivity contribution in [2.75, 3.05) is 7.11 Å². The second-order valence-corrected chi connectivity index (χ2v) is 10.4. The average Bonchev–Trinajstić information content (AvgIpc) is 3.26. The number of rotatable bonds is 9. The van der Waals surface area contributed by atoms with E-state index in [1.807, 2.05) is 60.7 Å². The Labute approximate surface area is 241 Å². The van der Waals surface area contributed by atoms with Gasteiger partial charge in [0.2, 0.25) is 0 Å². The van der Waals surface area contributed by atoms with E-state index < -0.39 is 0 Å². The third kappa shape index (κ3) is 6.73. The molecule has 0 aliphatic carbocycles. The van der Waals surface area contributed by atoms with E-state index in [2.05, 4.69) is 0 Å². The highest BCUT2D eigenvalue weighted by Crippen LogP contribution is 2.39. The number of ether oxygens (including phenoxy) is 2. The smallest absolute Gasteiger partial charge is 0.267 e. The molecule has 0 saturated carbocycles. The summed E-state index contributed by atoms with van der Waals surface area (Å²) in [6.07, 6.45) is 1.79. The number of amidine groups is 1. The Bertz CT molecular complexity index is 1540. The lowest BCUT2D eigenvalue weighted by Crippen LogP contribution is -2.28. The number of halogens is 2. The van der Waals surface area contributed by atoms with Crippen molar-refractivity contribution in [1.82, 2.24) is 4.90 Å². The topological polar surface area (TPSA) is 51.1 Å². The first-order chi connectivity index (χ1) is 19.5. The van der Waals surface area contributed by atoms with Crippen LogP contribution in [0.15, 0.2) is 107 Å². The van der Waals surface area contributed by atoms with E-state index >= 15 is 0 Å². The minimum absolute atomic E-state index is 0.132. The summed E-state index contributed by atoms with van der Waals surface area (Å²) in [4.78, 5) is 20.6. The average molecular weight is 573 g/mol. The zero-order chi connectivity index (χ0) is 27.9. The fourth-order valence-corrected chi connectivity index (χ4v) is 5.37. The van der Waals surface area contributed by atoms with Crippen LogP contribution in [0.3, 0.4) is 0 Å². The number of aliphatic imine (C=N–C) groups is 1. The van der Waals surface area contributed by atoms with Crippen LogP contribution < -0.4 is 9.47 Å². The highest BCUT2D eigenvalue weighted by atomic mass is 35.5. The van der Waals surface area contributed by atoms with Crippen LogP contribution in [0.2, 0.25) is 5.02 Å². The summed E-state index contributed by atoms with van der Waals surface area (Å²) in [5, 5.41) is 0.976. The minimum atomic E-state index is -0.313. The Balaban J connectivity index is 1.40. The molecule has 1 heterocycles. The van der Waals surface area contributed by atoms with Crippen LogP contribution in [0.4, 0.5) is 4.39 Å². The van der Waals surface area contributed by atoms with Crippen LogP contribution >= 0.6 is 23.4 Å². The maximum atomic E-state index is 13.6. The van der Waals surface area contributed by atoms with Crippen molar-refractivity contribution >= 4 is 40.5 Å². The molecule has 4 aromatic rings. The lowest BCUT2D eigenvalue weighted by molar-refractivity contribution is -0.122. The molecule has 0 radical (unpaired) electrons. The van der Waals surface area contributed by atoms with Crippen LogP contribution in [0.1, 0.15) is 22.3 Å². The van der Waals surface area contributed by atoms with Gasteiger partial charge in [-0.15, -0.1) is 0 Å². The summed E-state index contributed by atoms with van der Waals surface area (Å²) >= 11 is 7.92. The Hall–Kier alpha value is -4.07. The van der Waals surface area contributed by atoms with Gasteiger partial charge in [0.25, 0.3) is 5.91 Å². The monoisotopic (exact) mass is 572 g/mol. The second kappa shape index (κ2) is 12.9. The van der Waals surface area contributed by atoms with Gasteiger partial charge in [-0.1, -0.05) is 84.4 Å². The predicted molar refractivity (Wildman–Crippen MR) is 159 cm³/mol. The first kappa shape index (κ1) is 27.5. The molecular formula is C32H26ClFN2O3S. The summed E-state index contributed by atoms with van der Waals surface area (Å²) < 4.78 is 24.7. The predicted octanol–water partition coefficient (Wildman–Crippen LogP) is 7.74. The minimum Gasteiger partial charge on any atom is -0.493 e. The van der Waals surface area contributed by atoms with Crippen LogP contribution in [0.25, 0.3) is 6.08 Å². The molecule has 5 rings (SSSR count). The summed E-state index contributed by atoms with van der Waals surface area (Å²) in [5.74, 6) is 0.354. The zero-order valence-electron chi connectivity index (χ0n) is 21.7. The summed E-state index contributed by atoms with van der Waals surface area (Å²) in [6.45, 7) is 1.08. The van der Waals surface area contributed by atoms with Crippen molar-refractivity contribution in [2.24, 2.45) is 4.99 Å². The molecule has 1 aliphatic rings. The van der Waals surface area contributed by atoms with E-state index in [1.165, 1.54) is 31.0 Å². The lowest BCUT2D eigenvalue weighted by atomic mass is 10.1. The van der Waals surface area contributed by atoms with E-state index in [4.69, 9.17) is 26.1 Å². The molecule has 4 aromatic carbocycles. The molecule has 0 atom stereocenters. The Kier molecular flexibility index (Phi) is 8.84. The standard InChI is InChI=1S/C32H26ClFN2O3S/c1-38-28-17-25(16-27(33)30(28)39-21-24-12-14-26(34)15-13-24)18-29-31(37)36(20-23-10-6-3-7-11-23)32(40-29)35-19-22-8-4-2-5-9-22/h2-18H,19-21H2,1H3/b29-18+,35-32?. The Morgan fingerprint density at radius 1 is 0.925 bits per heavy atom. The van der Waals surface area contributed by atoms with Gasteiger partial charge in [-0.3, -0.25) is 14.7 Å². The Morgan fingerprint density at radius 2 is 1.60 bits per heavy atom. The molecule has 1 saturated heterocycles. The largest absolute Gasteiger partial charge is 0.493 e. The molecule has 5 nitrogen and oxygen atoms in total. The molecule has 0 aromatic heterocycles. The first-order valence-corrected chi connectivity index (χ1v) is 13.8. The molecule has 1 amide bonds. The number of hydrogen-bond acceptors (Lipinski definition) is 5. The molecule has 1 fully saturated rings. The van der Waals surface area contributed by atoms with Crippen molar-refractivity contribution in [3.05, 3.63) is 135 Å². The van der Waals surface area contributed by atoms with E-state index in [-0.39, 0.29) is 18.3 Å². The van der Waals surface area contributed by atoms with Gasteiger partial charge >= 0.3 is 0 Å². The van der Waals surface area contributed by atoms with Crippen LogP contribution in [0, 0.1) is 5.82 Å². The SMILES string of the molecule is COc1cc(/C=C2/SC(=NCc3ccccc3)N(Cc3ccccc3)C2=O)cc(Cl)c1OCc1ccc(F)cc1. The maximum Gasteiger partial charge on any atom is 0.267 e. The number of benzene rings is 4. The van der Waals surface area contributed by atoms with Crippen LogP contribution in [-0.2, 0) is 24.5 Å².